The Bertz CT molecular complexity index is 497. The number of ether oxygens (including phenoxy) is 1. The highest BCUT2D eigenvalue weighted by Crippen LogP contribution is 2.28. The Hall–Kier alpha value is -0.780. The molecule has 110 valence electrons. The molecule has 0 bridgehead atoms. The maximum atomic E-state index is 12.1. The first kappa shape index (κ1) is 15.6. The van der Waals surface area contributed by atoms with Gasteiger partial charge in [-0.1, -0.05) is 34.5 Å². The molecule has 2 unspecified atom stereocenters. The highest BCUT2D eigenvalue weighted by molar-refractivity contribution is 9.10. The van der Waals surface area contributed by atoms with E-state index in [4.69, 9.17) is 16.3 Å². The molecular weight excluding hydrogens is 346 g/mol. The van der Waals surface area contributed by atoms with E-state index in [0.29, 0.717) is 23.2 Å². The second-order valence-corrected chi connectivity index (χ2v) is 6.29. The van der Waals surface area contributed by atoms with Gasteiger partial charge in [0.15, 0.2) is 6.61 Å². The third kappa shape index (κ3) is 3.45. The summed E-state index contributed by atoms with van der Waals surface area (Å²) in [6.07, 6.45) is 0.913. The van der Waals surface area contributed by atoms with Crippen molar-refractivity contribution in [1.29, 1.82) is 0 Å². The van der Waals surface area contributed by atoms with Gasteiger partial charge in [0, 0.05) is 11.0 Å². The Morgan fingerprint density at radius 1 is 1.60 bits per heavy atom. The zero-order valence-electron chi connectivity index (χ0n) is 11.2. The van der Waals surface area contributed by atoms with E-state index >= 15 is 0 Å². The highest BCUT2D eigenvalue weighted by atomic mass is 79.9. The van der Waals surface area contributed by atoms with E-state index in [-0.39, 0.29) is 25.2 Å². The van der Waals surface area contributed by atoms with Crippen LogP contribution in [0.1, 0.15) is 13.3 Å². The molecule has 1 aliphatic heterocycles. The normalized spacial score (nSPS) is 22.1. The first-order valence-electron chi connectivity index (χ1n) is 6.51. The number of carbonyl (C=O) groups is 1. The summed E-state index contributed by atoms with van der Waals surface area (Å²) in [6, 6.07) is 5.14. The fourth-order valence-electron chi connectivity index (χ4n) is 2.41. The van der Waals surface area contributed by atoms with Crippen molar-refractivity contribution in [2.45, 2.75) is 19.4 Å². The smallest absolute Gasteiger partial charge is 0.260 e. The quantitative estimate of drug-likeness (QED) is 0.896. The molecule has 0 aliphatic carbocycles. The number of amides is 1. The van der Waals surface area contributed by atoms with Crippen LogP contribution in [-0.2, 0) is 4.79 Å². The van der Waals surface area contributed by atoms with Crippen LogP contribution < -0.4 is 4.74 Å². The van der Waals surface area contributed by atoms with Crippen molar-refractivity contribution in [1.82, 2.24) is 4.90 Å². The van der Waals surface area contributed by atoms with Crippen LogP contribution in [0, 0.1) is 5.92 Å². The minimum atomic E-state index is -0.118. The number of nitrogens with zero attached hydrogens (tertiary/aromatic N) is 1. The van der Waals surface area contributed by atoms with Gasteiger partial charge >= 0.3 is 0 Å². The van der Waals surface area contributed by atoms with Gasteiger partial charge in [0.2, 0.25) is 0 Å². The molecular formula is C14H17BrClNO3. The minimum Gasteiger partial charge on any atom is -0.482 e. The molecule has 2 rings (SSSR count). The van der Waals surface area contributed by atoms with Crippen LogP contribution in [-0.4, -0.2) is 41.7 Å². The van der Waals surface area contributed by atoms with Gasteiger partial charge in [-0.15, -0.1) is 0 Å². The predicted octanol–water partition coefficient (Wildman–Crippen LogP) is 2.71. The summed E-state index contributed by atoms with van der Waals surface area (Å²) in [4.78, 5) is 13.8. The number of hydrogen-bond donors (Lipinski definition) is 1. The molecule has 1 amide bonds. The maximum absolute atomic E-state index is 12.1. The Labute approximate surface area is 131 Å². The third-order valence-electron chi connectivity index (χ3n) is 3.64. The van der Waals surface area contributed by atoms with Crippen molar-refractivity contribution in [3.05, 3.63) is 27.7 Å². The fourth-order valence-corrected chi connectivity index (χ4v) is 3.14. The summed E-state index contributed by atoms with van der Waals surface area (Å²) < 4.78 is 6.32. The summed E-state index contributed by atoms with van der Waals surface area (Å²) in [7, 11) is 0. The van der Waals surface area contributed by atoms with Crippen LogP contribution in [0.3, 0.4) is 0 Å². The molecule has 1 fully saturated rings. The molecule has 0 aromatic heterocycles. The summed E-state index contributed by atoms with van der Waals surface area (Å²) >= 11 is 9.34. The number of rotatable bonds is 4. The van der Waals surface area contributed by atoms with Crippen LogP contribution in [0.25, 0.3) is 0 Å². The largest absolute Gasteiger partial charge is 0.482 e. The second-order valence-electron chi connectivity index (χ2n) is 4.97. The lowest BCUT2D eigenvalue weighted by molar-refractivity contribution is -0.135. The van der Waals surface area contributed by atoms with Gasteiger partial charge < -0.3 is 14.7 Å². The van der Waals surface area contributed by atoms with E-state index in [1.165, 1.54) is 0 Å². The molecule has 0 saturated carbocycles. The number of aliphatic hydroxyl groups excluding tert-OH is 1. The number of benzene rings is 1. The van der Waals surface area contributed by atoms with Gasteiger partial charge in [-0.25, -0.2) is 0 Å². The molecule has 0 radical (unpaired) electrons. The zero-order valence-corrected chi connectivity index (χ0v) is 13.5. The van der Waals surface area contributed by atoms with E-state index in [1.54, 1.807) is 23.1 Å². The van der Waals surface area contributed by atoms with Gasteiger partial charge in [0.05, 0.1) is 17.7 Å². The van der Waals surface area contributed by atoms with E-state index in [0.717, 1.165) is 10.9 Å². The minimum absolute atomic E-state index is 0.00799. The topological polar surface area (TPSA) is 49.8 Å². The Morgan fingerprint density at radius 2 is 2.35 bits per heavy atom. The van der Waals surface area contributed by atoms with Crippen molar-refractivity contribution >= 4 is 33.4 Å². The average molecular weight is 363 g/mol. The maximum Gasteiger partial charge on any atom is 0.260 e. The van der Waals surface area contributed by atoms with E-state index in [2.05, 4.69) is 15.9 Å². The van der Waals surface area contributed by atoms with E-state index in [9.17, 15) is 9.90 Å². The standard InChI is InChI=1S/C14H17BrClNO3/c1-9-4-5-17(12(9)7-18)14(19)8-20-13-3-2-10(15)6-11(13)16/h2-3,6,9,12,18H,4-5,7-8H2,1H3. The molecule has 1 heterocycles. The van der Waals surface area contributed by atoms with E-state index < -0.39 is 0 Å². The molecule has 20 heavy (non-hydrogen) atoms. The first-order chi connectivity index (χ1) is 9.52. The van der Waals surface area contributed by atoms with Crippen molar-refractivity contribution in [2.75, 3.05) is 19.8 Å². The van der Waals surface area contributed by atoms with Crippen LogP contribution in [0.15, 0.2) is 22.7 Å². The van der Waals surface area contributed by atoms with Gasteiger partial charge in [-0.05, 0) is 30.5 Å². The van der Waals surface area contributed by atoms with Gasteiger partial charge in [0.1, 0.15) is 5.75 Å². The number of carbonyl (C=O) groups excluding carboxylic acids is 1. The molecule has 1 aromatic rings. The number of halogens is 2. The molecule has 1 aromatic carbocycles. The Balaban J connectivity index is 1.95. The lowest BCUT2D eigenvalue weighted by Crippen LogP contribution is -2.42. The lowest BCUT2D eigenvalue weighted by Gasteiger charge is -2.25. The van der Waals surface area contributed by atoms with Crippen molar-refractivity contribution in [2.24, 2.45) is 5.92 Å². The van der Waals surface area contributed by atoms with Gasteiger partial charge in [-0.2, -0.15) is 0 Å². The number of hydrogen-bond acceptors (Lipinski definition) is 3. The molecule has 0 spiro atoms. The summed E-state index contributed by atoms with van der Waals surface area (Å²) in [5.74, 6) is 0.684. The van der Waals surface area contributed by atoms with Crippen LogP contribution >= 0.6 is 27.5 Å². The molecule has 1 N–H and O–H groups in total. The van der Waals surface area contributed by atoms with Crippen molar-refractivity contribution in [3.8, 4) is 5.75 Å². The first-order valence-corrected chi connectivity index (χ1v) is 7.68. The predicted molar refractivity (Wildman–Crippen MR) is 81.0 cm³/mol. The van der Waals surface area contributed by atoms with E-state index in [1.807, 2.05) is 6.92 Å². The van der Waals surface area contributed by atoms with Gasteiger partial charge in [-0.3, -0.25) is 4.79 Å². The molecule has 2 atom stereocenters. The summed E-state index contributed by atoms with van der Waals surface area (Å²) in [6.45, 7) is 2.64. The average Bonchev–Trinajstić information content (AvgIpc) is 2.78. The van der Waals surface area contributed by atoms with Crippen molar-refractivity contribution in [3.63, 3.8) is 0 Å². The number of likely N-dealkylation sites (tertiary alicyclic amines) is 1. The second kappa shape index (κ2) is 6.78. The zero-order chi connectivity index (χ0) is 14.7. The monoisotopic (exact) mass is 361 g/mol. The highest BCUT2D eigenvalue weighted by Gasteiger charge is 2.33. The third-order valence-corrected chi connectivity index (χ3v) is 4.42. The fraction of sp³-hybridized carbons (Fsp3) is 0.500. The van der Waals surface area contributed by atoms with Crippen molar-refractivity contribution < 1.29 is 14.6 Å². The molecule has 1 aliphatic rings. The summed E-state index contributed by atoms with van der Waals surface area (Å²) in [5.41, 5.74) is 0. The SMILES string of the molecule is CC1CCN(C(=O)COc2ccc(Br)cc2Cl)C1CO. The van der Waals surface area contributed by atoms with Gasteiger partial charge in [0.25, 0.3) is 5.91 Å². The van der Waals surface area contributed by atoms with Crippen LogP contribution in [0.2, 0.25) is 5.02 Å². The van der Waals surface area contributed by atoms with Crippen LogP contribution in [0.5, 0.6) is 5.75 Å². The molecule has 1 saturated heterocycles. The Kier molecular flexibility index (Phi) is 5.29. The summed E-state index contributed by atoms with van der Waals surface area (Å²) in [5, 5.41) is 9.81. The number of aliphatic hydroxyl groups is 1. The Morgan fingerprint density at radius 3 is 3.00 bits per heavy atom. The molecule has 4 nitrogen and oxygen atoms in total. The molecule has 6 heteroatoms. The van der Waals surface area contributed by atoms with Crippen LogP contribution in [0.4, 0.5) is 0 Å². The lowest BCUT2D eigenvalue weighted by atomic mass is 10.0.